The Morgan fingerprint density at radius 2 is 1.59 bits per heavy atom. The first-order chi connectivity index (χ1) is 7.99. The Balaban J connectivity index is 2.42. The molecule has 17 heavy (non-hydrogen) atoms. The second-order valence-electron chi connectivity index (χ2n) is 5.24. The molecule has 0 aliphatic heterocycles. The van der Waals surface area contributed by atoms with Crippen molar-refractivity contribution in [2.24, 2.45) is 0 Å². The maximum Gasteiger partial charge on any atom is 0.454 e. The van der Waals surface area contributed by atoms with Crippen LogP contribution in [0.5, 0.6) is 0 Å². The van der Waals surface area contributed by atoms with Gasteiger partial charge in [0, 0.05) is 0 Å². The standard InChI is InChI=1S/C13H13O.2CH3.Al/c1-13(2,14)12-8-7-10-5-3-4-6-11(10)9-12;;;/h3-9H,1-2H3;2*1H3;/q-1;;;+1. The molecule has 0 heterocycles. The van der Waals surface area contributed by atoms with Crippen molar-refractivity contribution in [3.05, 3.63) is 48.0 Å². The van der Waals surface area contributed by atoms with Crippen LogP contribution in [0.1, 0.15) is 19.4 Å². The summed E-state index contributed by atoms with van der Waals surface area (Å²) < 4.78 is 6.11. The predicted octanol–water partition coefficient (Wildman–Crippen LogP) is 4.34. The molecule has 0 unspecified atom stereocenters. The van der Waals surface area contributed by atoms with Crippen molar-refractivity contribution in [1.82, 2.24) is 0 Å². The molecule has 0 radical (unpaired) electrons. The fraction of sp³-hybridized carbons (Fsp3) is 0.333. The van der Waals surface area contributed by atoms with Crippen LogP contribution in [0.15, 0.2) is 42.5 Å². The summed E-state index contributed by atoms with van der Waals surface area (Å²) in [4.78, 5) is 0. The highest BCUT2D eigenvalue weighted by Gasteiger charge is 2.23. The molecule has 1 nitrogen and oxygen atoms in total. The van der Waals surface area contributed by atoms with E-state index < -0.39 is 14.5 Å². The normalized spacial score (nSPS) is 11.8. The van der Waals surface area contributed by atoms with Crippen LogP contribution in [-0.2, 0) is 9.39 Å². The molecule has 0 saturated carbocycles. The smallest absolute Gasteiger partial charge is 0.454 e. The van der Waals surface area contributed by atoms with Crippen LogP contribution in [0.3, 0.4) is 0 Å². The van der Waals surface area contributed by atoms with Crippen LogP contribution in [0, 0.1) is 0 Å². The van der Waals surface area contributed by atoms with Crippen molar-refractivity contribution >= 4 is 25.3 Å². The Morgan fingerprint density at radius 1 is 0.941 bits per heavy atom. The zero-order chi connectivity index (χ0) is 12.5. The van der Waals surface area contributed by atoms with E-state index in [1.165, 1.54) is 16.3 Å². The Kier molecular flexibility index (Phi) is 3.59. The molecule has 0 aromatic heterocycles. The number of rotatable bonds is 3. The highest BCUT2D eigenvalue weighted by atomic mass is 27.2. The van der Waals surface area contributed by atoms with Crippen LogP contribution in [0.25, 0.3) is 10.8 Å². The van der Waals surface area contributed by atoms with Crippen LogP contribution < -0.4 is 0 Å². The van der Waals surface area contributed by atoms with E-state index in [2.05, 4.69) is 67.9 Å². The summed E-state index contributed by atoms with van der Waals surface area (Å²) in [5.41, 5.74) is 1.09. The van der Waals surface area contributed by atoms with Gasteiger partial charge in [0.1, 0.15) is 0 Å². The van der Waals surface area contributed by atoms with Gasteiger partial charge in [0.2, 0.25) is 0 Å². The molecule has 88 valence electrons. The molecule has 0 spiro atoms. The Bertz CT molecular complexity index is 517. The summed E-state index contributed by atoms with van der Waals surface area (Å²) in [6, 6.07) is 15.1. The minimum atomic E-state index is -1.03. The van der Waals surface area contributed by atoms with Crippen LogP contribution in [-0.4, -0.2) is 14.5 Å². The quantitative estimate of drug-likeness (QED) is 0.727. The third-order valence-corrected chi connectivity index (χ3v) is 4.04. The molecule has 0 amide bonds. The Labute approximate surface area is 108 Å². The van der Waals surface area contributed by atoms with Gasteiger partial charge in [-0.2, -0.15) is 0 Å². The molecule has 0 aliphatic carbocycles. The minimum absolute atomic E-state index is 0.176. The molecule has 0 N–H and O–H groups in total. The van der Waals surface area contributed by atoms with E-state index in [1.54, 1.807) is 0 Å². The van der Waals surface area contributed by atoms with Crippen molar-refractivity contribution in [1.29, 1.82) is 0 Å². The van der Waals surface area contributed by atoms with Crippen LogP contribution >= 0.6 is 0 Å². The zero-order valence-electron chi connectivity index (χ0n) is 11.0. The monoisotopic (exact) mass is 242 g/mol. The van der Waals surface area contributed by atoms with Gasteiger partial charge >= 0.3 is 14.5 Å². The van der Waals surface area contributed by atoms with Gasteiger partial charge in [-0.3, -0.25) is 0 Å². The molecule has 2 aromatic rings. The van der Waals surface area contributed by atoms with Crippen molar-refractivity contribution in [3.63, 3.8) is 0 Å². The van der Waals surface area contributed by atoms with Crippen molar-refractivity contribution < 1.29 is 3.79 Å². The average molecular weight is 242 g/mol. The molecular weight excluding hydrogens is 223 g/mol. The molecule has 0 bridgehead atoms. The Morgan fingerprint density at radius 3 is 2.24 bits per heavy atom. The highest BCUT2D eigenvalue weighted by Crippen LogP contribution is 2.28. The summed E-state index contributed by atoms with van der Waals surface area (Å²) >= 11 is -1.03. The van der Waals surface area contributed by atoms with Gasteiger partial charge in [-0.1, -0.05) is 48.0 Å². The second-order valence-corrected chi connectivity index (χ2v) is 7.57. The summed E-state index contributed by atoms with van der Waals surface area (Å²) in [6.07, 6.45) is 0. The van der Waals surface area contributed by atoms with Gasteiger partial charge in [-0.15, -0.1) is 0 Å². The molecule has 2 rings (SSSR count). The van der Waals surface area contributed by atoms with Gasteiger partial charge < -0.3 is 3.79 Å². The second kappa shape index (κ2) is 4.82. The van der Waals surface area contributed by atoms with E-state index in [0.29, 0.717) is 0 Å². The maximum atomic E-state index is 6.11. The van der Waals surface area contributed by atoms with Gasteiger partial charge in [-0.25, -0.2) is 0 Å². The predicted molar refractivity (Wildman–Crippen MR) is 75.5 cm³/mol. The lowest BCUT2D eigenvalue weighted by atomic mass is 9.96. The molecule has 0 fully saturated rings. The summed E-state index contributed by atoms with van der Waals surface area (Å²) in [5.74, 6) is 4.42. The lowest BCUT2D eigenvalue weighted by molar-refractivity contribution is 0.109. The van der Waals surface area contributed by atoms with Crippen LogP contribution in [0.4, 0.5) is 0 Å². The molecule has 2 heteroatoms. The van der Waals surface area contributed by atoms with E-state index >= 15 is 0 Å². The summed E-state index contributed by atoms with van der Waals surface area (Å²) in [5, 5.41) is 2.57. The first kappa shape index (κ1) is 12.6. The molecule has 0 atom stereocenters. The number of fused-ring (bicyclic) bond motifs is 1. The third kappa shape index (κ3) is 2.90. The third-order valence-electron chi connectivity index (χ3n) is 2.97. The van der Waals surface area contributed by atoms with E-state index in [9.17, 15) is 0 Å². The van der Waals surface area contributed by atoms with Crippen molar-refractivity contribution in [2.45, 2.75) is 31.0 Å². The summed E-state index contributed by atoms with van der Waals surface area (Å²) in [6.45, 7) is 4.31. The van der Waals surface area contributed by atoms with Gasteiger partial charge in [0.15, 0.2) is 0 Å². The summed E-state index contributed by atoms with van der Waals surface area (Å²) in [7, 11) is 0. The fourth-order valence-electron chi connectivity index (χ4n) is 2.22. The van der Waals surface area contributed by atoms with E-state index in [1.807, 2.05) is 0 Å². The average Bonchev–Trinajstić information content (AvgIpc) is 2.26. The van der Waals surface area contributed by atoms with Gasteiger partial charge in [0.25, 0.3) is 0 Å². The molecule has 2 aromatic carbocycles. The topological polar surface area (TPSA) is 9.23 Å². The highest BCUT2D eigenvalue weighted by molar-refractivity contribution is 6.48. The van der Waals surface area contributed by atoms with Gasteiger partial charge in [-0.05, 0) is 36.2 Å². The lowest BCUT2D eigenvalue weighted by Crippen LogP contribution is -2.27. The van der Waals surface area contributed by atoms with E-state index in [0.717, 1.165) is 0 Å². The minimum Gasteiger partial charge on any atom is -0.493 e. The first-order valence-corrected chi connectivity index (χ1v) is 8.94. The fourth-order valence-corrected chi connectivity index (χ4v) is 3.54. The number of hydrogen-bond acceptors (Lipinski definition) is 1. The van der Waals surface area contributed by atoms with E-state index in [4.69, 9.17) is 3.79 Å². The van der Waals surface area contributed by atoms with Gasteiger partial charge in [0.05, 0.1) is 5.60 Å². The molecular formula is C15H19AlO. The first-order valence-electron chi connectivity index (χ1n) is 6.16. The SMILES string of the molecule is [CH3][Al]([CH3])[O]C(C)(C)c1ccc2ccccc2c1. The zero-order valence-corrected chi connectivity index (χ0v) is 12.2. The largest absolute Gasteiger partial charge is 0.493 e. The maximum absolute atomic E-state index is 6.11. The molecule has 0 aliphatic rings. The Hall–Kier alpha value is -0.808. The van der Waals surface area contributed by atoms with Crippen molar-refractivity contribution in [2.75, 3.05) is 0 Å². The van der Waals surface area contributed by atoms with E-state index in [-0.39, 0.29) is 5.60 Å². The van der Waals surface area contributed by atoms with Crippen LogP contribution in [0.2, 0.25) is 11.6 Å². The number of hydrogen-bond donors (Lipinski definition) is 0. The number of benzene rings is 2. The lowest BCUT2D eigenvalue weighted by Gasteiger charge is -2.29. The molecule has 0 saturated heterocycles. The van der Waals surface area contributed by atoms with Crippen molar-refractivity contribution in [3.8, 4) is 0 Å².